The maximum atomic E-state index is 14.8. The summed E-state index contributed by atoms with van der Waals surface area (Å²) >= 11 is 0. The lowest BCUT2D eigenvalue weighted by Crippen LogP contribution is -2.41. The number of phenols is 1. The van der Waals surface area contributed by atoms with Crippen LogP contribution in [0.2, 0.25) is 0 Å². The number of amides is 1. The van der Waals surface area contributed by atoms with Crippen molar-refractivity contribution in [3.8, 4) is 34.1 Å². The largest absolute Gasteiger partial charge is 0.505 e. The normalized spacial score (nSPS) is 21.2. The van der Waals surface area contributed by atoms with E-state index >= 15 is 0 Å². The number of carbonyl (C=O) groups excluding carboxylic acids is 1. The number of carbonyl (C=O) groups is 1. The summed E-state index contributed by atoms with van der Waals surface area (Å²) < 4.78 is 39.0. The standard InChI is InChI=1S/C34H33F2N5O3/c1-39-32-25(9-21(12-30(32)44-2)34(43)41-16-20-7-8-26(41)31(20)37)38-33(39)28-11-19-6-5-18(10-27(19)40(28)15-17-3-4-17)22-13-24(36)29(42)14-23(22)35/h5-6,9-14,17,20,26,31,42H,3-4,7-8,15-16,37H2,1-2H3/t20-,26-,31-/m1/s1. The van der Waals surface area contributed by atoms with E-state index in [9.17, 15) is 18.7 Å². The van der Waals surface area contributed by atoms with Gasteiger partial charge in [-0.2, -0.15) is 0 Å². The van der Waals surface area contributed by atoms with E-state index in [2.05, 4.69) is 10.6 Å². The lowest BCUT2D eigenvalue weighted by molar-refractivity contribution is 0.0700. The van der Waals surface area contributed by atoms with Crippen molar-refractivity contribution in [2.45, 2.75) is 44.3 Å². The maximum absolute atomic E-state index is 14.8. The molecule has 2 saturated carbocycles. The van der Waals surface area contributed by atoms with Crippen molar-refractivity contribution in [1.29, 1.82) is 0 Å². The van der Waals surface area contributed by atoms with Gasteiger partial charge >= 0.3 is 0 Å². The Labute approximate surface area is 252 Å². The number of piperidine rings is 1. The summed E-state index contributed by atoms with van der Waals surface area (Å²) in [6.45, 7) is 1.44. The fraction of sp³-hybridized carbons (Fsp3) is 0.353. The number of aromatic hydroxyl groups is 1. The number of nitrogens with zero attached hydrogens (tertiary/aromatic N) is 4. The van der Waals surface area contributed by atoms with Crippen molar-refractivity contribution >= 4 is 27.8 Å². The summed E-state index contributed by atoms with van der Waals surface area (Å²) in [5.74, 6) is -0.176. The minimum Gasteiger partial charge on any atom is -0.505 e. The highest BCUT2D eigenvalue weighted by Gasteiger charge is 2.47. The number of aromatic nitrogens is 3. The molecule has 8 rings (SSSR count). The van der Waals surface area contributed by atoms with Crippen LogP contribution in [0.3, 0.4) is 0 Å². The Kier molecular flexibility index (Phi) is 6.03. The number of methoxy groups -OCH3 is 1. The molecule has 226 valence electrons. The van der Waals surface area contributed by atoms with E-state index in [-0.39, 0.29) is 23.6 Å². The zero-order valence-electron chi connectivity index (χ0n) is 24.6. The molecule has 3 heterocycles. The number of fused-ring (bicyclic) bond motifs is 4. The highest BCUT2D eigenvalue weighted by atomic mass is 19.1. The molecule has 2 aliphatic carbocycles. The maximum Gasteiger partial charge on any atom is 0.254 e. The Morgan fingerprint density at radius 2 is 1.89 bits per heavy atom. The van der Waals surface area contributed by atoms with Gasteiger partial charge in [-0.1, -0.05) is 12.1 Å². The van der Waals surface area contributed by atoms with Crippen LogP contribution in [0.1, 0.15) is 36.0 Å². The Morgan fingerprint density at radius 1 is 1.07 bits per heavy atom. The van der Waals surface area contributed by atoms with E-state index in [1.807, 2.05) is 34.7 Å². The van der Waals surface area contributed by atoms with Crippen LogP contribution < -0.4 is 10.5 Å². The number of phenolic OH excluding ortho intramolecular Hbond substituents is 1. The molecule has 3 N–H and O–H groups in total. The number of aryl methyl sites for hydroxylation is 1. The fourth-order valence-electron chi connectivity index (χ4n) is 7.39. The van der Waals surface area contributed by atoms with E-state index in [0.717, 1.165) is 66.5 Å². The molecular formula is C34H33F2N5O3. The van der Waals surface area contributed by atoms with E-state index < -0.39 is 17.4 Å². The fourth-order valence-corrected chi connectivity index (χ4v) is 7.39. The van der Waals surface area contributed by atoms with Crippen LogP contribution in [0.15, 0.2) is 48.5 Å². The molecule has 3 atom stereocenters. The summed E-state index contributed by atoms with van der Waals surface area (Å²) in [5.41, 5.74) is 10.7. The van der Waals surface area contributed by atoms with Crippen LogP contribution in [0.4, 0.5) is 8.78 Å². The number of halogens is 2. The SMILES string of the molecule is COc1cc(C(=O)N2C[C@H]3CC[C@@H]2[C@@H]3N)cc2nc(-c3cc4ccc(-c5cc(F)c(O)cc5F)cc4n3CC3CC3)n(C)c12. The molecule has 0 unspecified atom stereocenters. The summed E-state index contributed by atoms with van der Waals surface area (Å²) in [6, 6.07) is 13.2. The van der Waals surface area contributed by atoms with Gasteiger partial charge in [0, 0.05) is 60.3 Å². The Hall–Kier alpha value is -4.44. The van der Waals surface area contributed by atoms with E-state index in [0.29, 0.717) is 46.6 Å². The van der Waals surface area contributed by atoms with Crippen LogP contribution in [-0.2, 0) is 13.6 Å². The van der Waals surface area contributed by atoms with Crippen molar-refractivity contribution in [3.05, 3.63) is 65.7 Å². The molecule has 1 aliphatic heterocycles. The third-order valence-electron chi connectivity index (χ3n) is 9.93. The van der Waals surface area contributed by atoms with Crippen LogP contribution >= 0.6 is 0 Å². The second-order valence-corrected chi connectivity index (χ2v) is 12.6. The van der Waals surface area contributed by atoms with Gasteiger partial charge in [-0.25, -0.2) is 13.8 Å². The number of hydrogen-bond acceptors (Lipinski definition) is 5. The number of likely N-dealkylation sites (tertiary alicyclic amines) is 1. The summed E-state index contributed by atoms with van der Waals surface area (Å²) in [5, 5.41) is 10.6. The Balaban J connectivity index is 1.25. The first kappa shape index (κ1) is 27.1. The molecule has 3 fully saturated rings. The third-order valence-corrected chi connectivity index (χ3v) is 9.93. The van der Waals surface area contributed by atoms with Crippen molar-refractivity contribution in [1.82, 2.24) is 19.0 Å². The Bertz CT molecular complexity index is 1990. The Morgan fingerprint density at radius 3 is 2.59 bits per heavy atom. The van der Waals surface area contributed by atoms with Gasteiger partial charge in [0.2, 0.25) is 0 Å². The first-order chi connectivity index (χ1) is 21.2. The van der Waals surface area contributed by atoms with E-state index in [4.69, 9.17) is 15.5 Å². The number of benzene rings is 3. The highest BCUT2D eigenvalue weighted by molar-refractivity contribution is 6.00. The summed E-state index contributed by atoms with van der Waals surface area (Å²) in [4.78, 5) is 20.6. The second kappa shape index (κ2) is 9.79. The molecule has 1 amide bonds. The van der Waals surface area contributed by atoms with Gasteiger partial charge in [-0.3, -0.25) is 4.79 Å². The molecule has 10 heteroatoms. The number of rotatable bonds is 6. The molecule has 2 aromatic heterocycles. The average molecular weight is 598 g/mol. The van der Waals surface area contributed by atoms with Gasteiger partial charge in [-0.15, -0.1) is 0 Å². The van der Waals surface area contributed by atoms with Crippen molar-refractivity contribution in [2.24, 2.45) is 24.6 Å². The van der Waals surface area contributed by atoms with Gasteiger partial charge in [0.05, 0.1) is 18.3 Å². The first-order valence-electron chi connectivity index (χ1n) is 15.1. The minimum absolute atomic E-state index is 0.0319. The van der Waals surface area contributed by atoms with Gasteiger partial charge in [0.25, 0.3) is 5.91 Å². The zero-order chi connectivity index (χ0) is 30.4. The van der Waals surface area contributed by atoms with Crippen molar-refractivity contribution in [2.75, 3.05) is 13.7 Å². The van der Waals surface area contributed by atoms with Gasteiger partial charge in [-0.05, 0) is 73.4 Å². The summed E-state index contributed by atoms with van der Waals surface area (Å²) in [7, 11) is 3.53. The van der Waals surface area contributed by atoms with Crippen LogP contribution in [0.25, 0.3) is 44.6 Å². The predicted octanol–water partition coefficient (Wildman–Crippen LogP) is 5.83. The molecule has 3 aromatic carbocycles. The minimum atomic E-state index is -0.873. The highest BCUT2D eigenvalue weighted by Crippen LogP contribution is 2.41. The van der Waals surface area contributed by atoms with E-state index in [1.54, 1.807) is 19.2 Å². The second-order valence-electron chi connectivity index (χ2n) is 12.6. The number of imidazole rings is 1. The van der Waals surface area contributed by atoms with E-state index in [1.165, 1.54) is 0 Å². The molecule has 8 nitrogen and oxygen atoms in total. The molecule has 2 bridgehead atoms. The third kappa shape index (κ3) is 4.11. The van der Waals surface area contributed by atoms with Gasteiger partial charge in [0.15, 0.2) is 17.4 Å². The molecule has 3 aliphatic rings. The lowest BCUT2D eigenvalue weighted by Gasteiger charge is -2.27. The quantitative estimate of drug-likeness (QED) is 0.257. The first-order valence-corrected chi connectivity index (χ1v) is 15.1. The molecule has 5 aromatic rings. The molecule has 44 heavy (non-hydrogen) atoms. The van der Waals surface area contributed by atoms with Gasteiger partial charge in [0.1, 0.15) is 17.1 Å². The monoisotopic (exact) mass is 597 g/mol. The molecule has 1 saturated heterocycles. The smallest absolute Gasteiger partial charge is 0.254 e. The van der Waals surface area contributed by atoms with Crippen molar-refractivity contribution in [3.63, 3.8) is 0 Å². The molecule has 0 radical (unpaired) electrons. The molecule has 0 spiro atoms. The van der Waals surface area contributed by atoms with Crippen molar-refractivity contribution < 1.29 is 23.4 Å². The number of hydrogen-bond donors (Lipinski definition) is 2. The topological polar surface area (TPSA) is 98.5 Å². The number of nitrogens with two attached hydrogens (primary N) is 1. The van der Waals surface area contributed by atoms with Gasteiger partial charge < -0.3 is 29.6 Å². The number of ether oxygens (including phenoxy) is 1. The lowest BCUT2D eigenvalue weighted by atomic mass is 10.0. The molecular weight excluding hydrogens is 564 g/mol. The summed E-state index contributed by atoms with van der Waals surface area (Å²) in [6.07, 6.45) is 4.26. The zero-order valence-corrected chi connectivity index (χ0v) is 24.6. The van der Waals surface area contributed by atoms with Crippen LogP contribution in [-0.4, -0.2) is 55.8 Å². The van der Waals surface area contributed by atoms with Crippen LogP contribution in [0, 0.1) is 23.5 Å². The average Bonchev–Trinajstić information content (AvgIpc) is 3.42. The predicted molar refractivity (Wildman–Crippen MR) is 163 cm³/mol. The van der Waals surface area contributed by atoms with Crippen LogP contribution in [0.5, 0.6) is 11.5 Å².